The molecule has 1 aliphatic rings. The van der Waals surface area contributed by atoms with Crippen LogP contribution in [0.5, 0.6) is 0 Å². The van der Waals surface area contributed by atoms with Crippen LogP contribution in [0, 0.1) is 0 Å². The van der Waals surface area contributed by atoms with Gasteiger partial charge < -0.3 is 10.7 Å². The second-order valence-corrected chi connectivity index (χ2v) is 6.85. The number of nitrogens with two attached hydrogens (primary N) is 1. The van der Waals surface area contributed by atoms with E-state index in [1.165, 1.54) is 10.9 Å². The number of hydrogen-bond acceptors (Lipinski definition) is 4. The molecule has 29 heavy (non-hydrogen) atoms. The van der Waals surface area contributed by atoms with E-state index in [1.54, 1.807) is 18.2 Å². The minimum atomic E-state index is -2.69. The first-order valence-electron chi connectivity index (χ1n) is 8.96. The van der Waals surface area contributed by atoms with Gasteiger partial charge in [-0.05, 0) is 35.4 Å². The number of carbonyl (C=O) groups excluding carboxylic acids is 1. The van der Waals surface area contributed by atoms with Crippen molar-refractivity contribution < 1.29 is 13.6 Å². The number of halogens is 2. The number of rotatable bonds is 4. The topological polar surface area (TPSA) is 89.6 Å². The molecule has 3 N–H and O–H groups in total. The first-order valence-corrected chi connectivity index (χ1v) is 8.96. The van der Waals surface area contributed by atoms with Gasteiger partial charge in [0.15, 0.2) is 11.6 Å². The molecule has 144 valence electrons. The molecule has 2 aromatic heterocycles. The summed E-state index contributed by atoms with van der Waals surface area (Å²) >= 11 is 0. The molecule has 0 unspecified atom stereocenters. The van der Waals surface area contributed by atoms with Crippen molar-refractivity contribution in [3.8, 4) is 5.69 Å². The van der Waals surface area contributed by atoms with Crippen LogP contribution in [0.4, 0.5) is 14.6 Å². The van der Waals surface area contributed by atoms with Crippen molar-refractivity contribution in [2.45, 2.75) is 12.8 Å². The molecular weight excluding hydrogens is 376 g/mol. The summed E-state index contributed by atoms with van der Waals surface area (Å²) in [6, 6.07) is 12.7. The van der Waals surface area contributed by atoms with Gasteiger partial charge in [-0.25, -0.2) is 18.4 Å². The Balaban J connectivity index is 1.48. The predicted octanol–water partition coefficient (Wildman–Crippen LogP) is 4.09. The van der Waals surface area contributed by atoms with Crippen LogP contribution in [0.25, 0.3) is 22.8 Å². The van der Waals surface area contributed by atoms with Gasteiger partial charge in [-0.1, -0.05) is 24.3 Å². The number of Topliss-reactive ketones (excluding diaryl/α,β-unsaturated/α-hetero) is 1. The number of nitrogen functional groups attached to an aromatic ring is 1. The van der Waals surface area contributed by atoms with Crippen LogP contribution >= 0.6 is 0 Å². The van der Waals surface area contributed by atoms with E-state index in [0.29, 0.717) is 34.3 Å². The molecule has 0 saturated heterocycles. The van der Waals surface area contributed by atoms with Gasteiger partial charge in [0.25, 0.3) is 6.43 Å². The summed E-state index contributed by atoms with van der Waals surface area (Å²) in [5.41, 5.74) is 10.7. The number of nitrogens with one attached hydrogen (secondary N) is 1. The average molecular weight is 391 g/mol. The highest BCUT2D eigenvalue weighted by Gasteiger charge is 2.24. The number of H-pyrrole nitrogens is 1. The van der Waals surface area contributed by atoms with Gasteiger partial charge in [0.1, 0.15) is 5.82 Å². The number of aromatic nitrogens is 4. The number of alkyl halides is 2. The fourth-order valence-corrected chi connectivity index (χ4v) is 3.59. The fourth-order valence-electron chi connectivity index (χ4n) is 3.59. The normalized spacial score (nSPS) is 13.1. The number of benzene rings is 2. The molecule has 8 heteroatoms. The lowest BCUT2D eigenvalue weighted by molar-refractivity contribution is 0.103. The van der Waals surface area contributed by atoms with Gasteiger partial charge in [0.2, 0.25) is 0 Å². The molecule has 5 rings (SSSR count). The molecule has 0 spiro atoms. The maximum absolute atomic E-state index is 13.0. The Bertz CT molecular complexity index is 1300. The maximum atomic E-state index is 13.0. The number of hydrogen-bond donors (Lipinski definition) is 2. The van der Waals surface area contributed by atoms with E-state index < -0.39 is 12.2 Å². The highest BCUT2D eigenvalue weighted by Crippen LogP contribution is 2.29. The lowest BCUT2D eigenvalue weighted by Crippen LogP contribution is -2.08. The standard InChI is InChI=1S/C21H15F2N5O/c22-19(23)21-26-16-6-5-14(9-17(16)27-21)28-20(24)15(10-25-28)18(29)13-7-11-3-1-2-4-12(11)8-13/h1-7,9-10,19H,8,24H2,(H,26,27). The zero-order chi connectivity index (χ0) is 20.1. The third kappa shape index (κ3) is 2.80. The maximum Gasteiger partial charge on any atom is 0.295 e. The Hall–Kier alpha value is -3.81. The largest absolute Gasteiger partial charge is 0.383 e. The van der Waals surface area contributed by atoms with Crippen molar-refractivity contribution in [3.63, 3.8) is 0 Å². The molecule has 4 aromatic rings. The number of anilines is 1. The molecular formula is C21H15F2N5O. The molecule has 0 fully saturated rings. The molecule has 0 radical (unpaired) electrons. The molecule has 6 nitrogen and oxygen atoms in total. The van der Waals surface area contributed by atoms with E-state index in [2.05, 4.69) is 15.1 Å². The molecule has 2 aromatic carbocycles. The van der Waals surface area contributed by atoms with E-state index in [4.69, 9.17) is 5.73 Å². The van der Waals surface area contributed by atoms with Gasteiger partial charge in [0.05, 0.1) is 28.5 Å². The van der Waals surface area contributed by atoms with E-state index in [9.17, 15) is 13.6 Å². The van der Waals surface area contributed by atoms with E-state index in [-0.39, 0.29) is 11.6 Å². The van der Waals surface area contributed by atoms with Gasteiger partial charge >= 0.3 is 0 Å². The molecule has 2 heterocycles. The third-order valence-electron chi connectivity index (χ3n) is 5.04. The van der Waals surface area contributed by atoms with Crippen molar-refractivity contribution in [2.24, 2.45) is 0 Å². The van der Waals surface area contributed by atoms with E-state index in [0.717, 1.165) is 11.1 Å². The highest BCUT2D eigenvalue weighted by atomic mass is 19.3. The van der Waals surface area contributed by atoms with Crippen molar-refractivity contribution in [1.29, 1.82) is 0 Å². The smallest absolute Gasteiger partial charge is 0.295 e. The van der Waals surface area contributed by atoms with Crippen molar-refractivity contribution in [3.05, 3.63) is 76.7 Å². The monoisotopic (exact) mass is 391 g/mol. The van der Waals surface area contributed by atoms with Gasteiger partial charge in [-0.2, -0.15) is 5.10 Å². The highest BCUT2D eigenvalue weighted by molar-refractivity contribution is 6.15. The van der Waals surface area contributed by atoms with Gasteiger partial charge in [-0.3, -0.25) is 4.79 Å². The molecule has 1 aliphatic carbocycles. The molecule has 0 aliphatic heterocycles. The summed E-state index contributed by atoms with van der Waals surface area (Å²) in [5.74, 6) is -0.374. The van der Waals surface area contributed by atoms with Crippen LogP contribution in [-0.4, -0.2) is 25.5 Å². The zero-order valence-corrected chi connectivity index (χ0v) is 15.1. The Labute approximate surface area is 163 Å². The summed E-state index contributed by atoms with van der Waals surface area (Å²) in [5, 5.41) is 4.24. The van der Waals surface area contributed by atoms with Crippen molar-refractivity contribution in [2.75, 3.05) is 5.73 Å². The number of allylic oxidation sites excluding steroid dienone is 1. The van der Waals surface area contributed by atoms with E-state index in [1.807, 2.05) is 30.3 Å². The molecule has 0 bridgehead atoms. The second kappa shape index (κ2) is 6.37. The summed E-state index contributed by atoms with van der Waals surface area (Å²) in [7, 11) is 0. The van der Waals surface area contributed by atoms with Crippen molar-refractivity contribution >= 4 is 28.7 Å². The molecule has 0 atom stereocenters. The lowest BCUT2D eigenvalue weighted by atomic mass is 10.0. The molecule has 0 saturated carbocycles. The van der Waals surface area contributed by atoms with E-state index >= 15 is 0 Å². The Morgan fingerprint density at radius 1 is 1.21 bits per heavy atom. The summed E-state index contributed by atoms with van der Waals surface area (Å²) in [4.78, 5) is 19.4. The summed E-state index contributed by atoms with van der Waals surface area (Å²) < 4.78 is 27.1. The Kier molecular flexibility index (Phi) is 3.80. The number of carbonyl (C=O) groups is 1. The van der Waals surface area contributed by atoms with Gasteiger partial charge in [-0.15, -0.1) is 0 Å². The number of aromatic amines is 1. The minimum absolute atomic E-state index is 0.174. The summed E-state index contributed by atoms with van der Waals surface area (Å²) in [6.07, 6.45) is 1.17. The Morgan fingerprint density at radius 3 is 2.83 bits per heavy atom. The Morgan fingerprint density at radius 2 is 2.03 bits per heavy atom. The van der Waals surface area contributed by atoms with Crippen LogP contribution in [0.2, 0.25) is 0 Å². The summed E-state index contributed by atoms with van der Waals surface area (Å²) in [6.45, 7) is 0. The first kappa shape index (κ1) is 17.3. The van der Waals surface area contributed by atoms with Crippen molar-refractivity contribution in [1.82, 2.24) is 19.7 Å². The fraction of sp³-hybridized carbons (Fsp3) is 0.0952. The number of imidazole rings is 1. The predicted molar refractivity (Wildman–Crippen MR) is 105 cm³/mol. The minimum Gasteiger partial charge on any atom is -0.383 e. The van der Waals surface area contributed by atoms with Crippen LogP contribution in [0.3, 0.4) is 0 Å². The first-order chi connectivity index (χ1) is 14.0. The average Bonchev–Trinajstić information content (AvgIpc) is 3.42. The van der Waals surface area contributed by atoms with Crippen LogP contribution in [-0.2, 0) is 6.42 Å². The molecule has 0 amide bonds. The number of nitrogens with zero attached hydrogens (tertiary/aromatic N) is 3. The lowest BCUT2D eigenvalue weighted by Gasteiger charge is -2.05. The quantitative estimate of drug-likeness (QED) is 0.513. The van der Waals surface area contributed by atoms with Crippen LogP contribution in [0.1, 0.15) is 33.7 Å². The SMILES string of the molecule is Nc1c(C(=O)C2=Cc3ccccc3C2)cnn1-c1ccc2nc(C(F)F)[nH]c2c1. The van der Waals surface area contributed by atoms with Crippen LogP contribution < -0.4 is 5.73 Å². The number of ketones is 1. The zero-order valence-electron chi connectivity index (χ0n) is 15.1. The third-order valence-corrected chi connectivity index (χ3v) is 5.04. The second-order valence-electron chi connectivity index (χ2n) is 6.85. The van der Waals surface area contributed by atoms with Gasteiger partial charge in [0, 0.05) is 12.0 Å². The van der Waals surface area contributed by atoms with Crippen LogP contribution in [0.15, 0.2) is 54.2 Å². The number of fused-ring (bicyclic) bond motifs is 2.